The first-order chi connectivity index (χ1) is 15.0. The highest BCUT2D eigenvalue weighted by molar-refractivity contribution is 5.99. The van der Waals surface area contributed by atoms with Crippen LogP contribution in [-0.2, 0) is 5.41 Å². The second kappa shape index (κ2) is 11.4. The van der Waals surface area contributed by atoms with E-state index in [-0.39, 0.29) is 5.41 Å². The van der Waals surface area contributed by atoms with E-state index >= 15 is 0 Å². The van der Waals surface area contributed by atoms with Crippen LogP contribution in [0.2, 0.25) is 0 Å². The maximum Gasteiger partial charge on any atom is 0.0662 e. The summed E-state index contributed by atoms with van der Waals surface area (Å²) >= 11 is 0. The molecule has 168 valence electrons. The maximum atomic E-state index is 4.85. The predicted molar refractivity (Wildman–Crippen MR) is 136 cm³/mol. The number of aromatic nitrogens is 2. The van der Waals surface area contributed by atoms with Crippen molar-refractivity contribution in [2.45, 2.75) is 97.3 Å². The molecule has 0 radical (unpaired) electrons. The molecular formula is C28H41N3. The van der Waals surface area contributed by atoms with Crippen LogP contribution in [0.3, 0.4) is 0 Å². The van der Waals surface area contributed by atoms with Gasteiger partial charge >= 0.3 is 0 Å². The molecule has 0 unspecified atom stereocenters. The molecule has 3 heteroatoms. The fourth-order valence-corrected chi connectivity index (χ4v) is 4.26. The van der Waals surface area contributed by atoms with Crippen LogP contribution in [0.1, 0.15) is 103 Å². The first-order valence-corrected chi connectivity index (χ1v) is 12.3. The lowest BCUT2D eigenvalue weighted by Gasteiger charge is -2.18. The first-order valence-electron chi connectivity index (χ1n) is 12.3. The minimum Gasteiger partial charge on any atom is -0.360 e. The number of aliphatic imine (C=N–C) groups is 1. The van der Waals surface area contributed by atoms with Gasteiger partial charge in [0.1, 0.15) is 0 Å². The van der Waals surface area contributed by atoms with Crippen LogP contribution < -0.4 is 0 Å². The quantitative estimate of drug-likeness (QED) is 0.324. The Morgan fingerprint density at radius 3 is 2.29 bits per heavy atom. The van der Waals surface area contributed by atoms with Crippen LogP contribution in [0, 0.1) is 0 Å². The summed E-state index contributed by atoms with van der Waals surface area (Å²) in [4.78, 5) is 11.8. The lowest BCUT2D eigenvalue weighted by Crippen LogP contribution is -2.11. The van der Waals surface area contributed by atoms with E-state index < -0.39 is 0 Å². The van der Waals surface area contributed by atoms with Crippen molar-refractivity contribution in [1.82, 2.24) is 9.97 Å². The van der Waals surface area contributed by atoms with Gasteiger partial charge in [0.05, 0.1) is 17.1 Å². The second-order valence-corrected chi connectivity index (χ2v) is 9.93. The van der Waals surface area contributed by atoms with Crippen LogP contribution in [0.5, 0.6) is 0 Å². The van der Waals surface area contributed by atoms with Crippen LogP contribution in [0.25, 0.3) is 17.5 Å². The Kier molecular flexibility index (Phi) is 8.57. The summed E-state index contributed by atoms with van der Waals surface area (Å²) in [7, 11) is 0. The first kappa shape index (κ1) is 23.4. The maximum absolute atomic E-state index is 4.85. The van der Waals surface area contributed by atoms with Crippen molar-refractivity contribution in [2.24, 2.45) is 4.99 Å². The SMILES string of the molecule is CCCCCCCCCCCC1=NC(=Cc2cc(C(C)(C)C)c(-c3ccc[nH]3)[nH]2)C=C1. The third-order valence-corrected chi connectivity index (χ3v) is 6.07. The molecule has 2 N–H and O–H groups in total. The number of aromatic amines is 2. The molecule has 3 heterocycles. The molecule has 1 aliphatic heterocycles. The molecule has 0 bridgehead atoms. The number of unbranched alkanes of at least 4 members (excludes halogenated alkanes) is 8. The topological polar surface area (TPSA) is 43.9 Å². The Labute approximate surface area is 189 Å². The van der Waals surface area contributed by atoms with Crippen molar-refractivity contribution in [3.63, 3.8) is 0 Å². The Morgan fingerprint density at radius 2 is 1.65 bits per heavy atom. The minimum atomic E-state index is 0.0731. The van der Waals surface area contributed by atoms with Crippen molar-refractivity contribution in [3.05, 3.63) is 53.5 Å². The van der Waals surface area contributed by atoms with E-state index in [4.69, 9.17) is 4.99 Å². The molecule has 0 aliphatic carbocycles. The molecule has 0 saturated heterocycles. The highest BCUT2D eigenvalue weighted by Crippen LogP contribution is 2.33. The third kappa shape index (κ3) is 7.12. The number of allylic oxidation sites excluding steroid dienone is 2. The zero-order chi connectivity index (χ0) is 22.1. The molecule has 0 spiro atoms. The van der Waals surface area contributed by atoms with Gasteiger partial charge in [0.25, 0.3) is 0 Å². The Hall–Kier alpha value is -2.29. The molecule has 2 aromatic rings. The van der Waals surface area contributed by atoms with Crippen molar-refractivity contribution >= 4 is 11.8 Å². The zero-order valence-corrected chi connectivity index (χ0v) is 20.1. The van der Waals surface area contributed by atoms with E-state index in [1.807, 2.05) is 12.3 Å². The number of nitrogens with zero attached hydrogens (tertiary/aromatic N) is 1. The normalized spacial score (nSPS) is 15.2. The molecule has 0 fully saturated rings. The van der Waals surface area contributed by atoms with Crippen molar-refractivity contribution < 1.29 is 0 Å². The number of H-pyrrole nitrogens is 2. The summed E-state index contributed by atoms with van der Waals surface area (Å²) in [6.07, 6.45) is 21.9. The molecule has 0 atom stereocenters. The monoisotopic (exact) mass is 419 g/mol. The van der Waals surface area contributed by atoms with Gasteiger partial charge in [-0.1, -0.05) is 79.1 Å². The molecule has 3 rings (SSSR count). The summed E-state index contributed by atoms with van der Waals surface area (Å²) < 4.78 is 0. The molecule has 0 aromatic carbocycles. The van der Waals surface area contributed by atoms with Gasteiger partial charge in [-0.25, -0.2) is 0 Å². The fourth-order valence-electron chi connectivity index (χ4n) is 4.26. The van der Waals surface area contributed by atoms with E-state index in [0.717, 1.165) is 23.5 Å². The molecule has 0 amide bonds. The molecule has 0 saturated carbocycles. The number of nitrogens with one attached hydrogen (secondary N) is 2. The minimum absolute atomic E-state index is 0.0731. The largest absolute Gasteiger partial charge is 0.360 e. The highest BCUT2D eigenvalue weighted by atomic mass is 14.8. The fraction of sp³-hybridized carbons (Fsp3) is 0.536. The van der Waals surface area contributed by atoms with E-state index in [2.05, 4.69) is 68.0 Å². The van der Waals surface area contributed by atoms with Crippen LogP contribution >= 0.6 is 0 Å². The van der Waals surface area contributed by atoms with Gasteiger partial charge < -0.3 is 9.97 Å². The van der Waals surface area contributed by atoms with Gasteiger partial charge in [-0.2, -0.15) is 0 Å². The summed E-state index contributed by atoms with van der Waals surface area (Å²) in [5, 5.41) is 0. The average molecular weight is 420 g/mol. The van der Waals surface area contributed by atoms with Crippen LogP contribution in [0.15, 0.2) is 47.2 Å². The Balaban J connectivity index is 1.51. The van der Waals surface area contributed by atoms with Crippen LogP contribution in [0.4, 0.5) is 0 Å². The van der Waals surface area contributed by atoms with E-state index in [1.54, 1.807) is 0 Å². The smallest absolute Gasteiger partial charge is 0.0662 e. The zero-order valence-electron chi connectivity index (χ0n) is 20.1. The summed E-state index contributed by atoms with van der Waals surface area (Å²) in [5.41, 5.74) is 7.08. The lowest BCUT2D eigenvalue weighted by molar-refractivity contribution is 0.568. The van der Waals surface area contributed by atoms with Crippen molar-refractivity contribution in [3.8, 4) is 11.4 Å². The van der Waals surface area contributed by atoms with Gasteiger partial charge in [-0.05, 0) is 60.2 Å². The molecule has 2 aromatic heterocycles. The average Bonchev–Trinajstić information content (AvgIpc) is 3.47. The Morgan fingerprint density at radius 1 is 0.935 bits per heavy atom. The van der Waals surface area contributed by atoms with Crippen molar-refractivity contribution in [2.75, 3.05) is 0 Å². The summed E-state index contributed by atoms with van der Waals surface area (Å²) in [5.74, 6) is 0. The van der Waals surface area contributed by atoms with Gasteiger partial charge in [0.15, 0.2) is 0 Å². The summed E-state index contributed by atoms with van der Waals surface area (Å²) in [6, 6.07) is 6.43. The Bertz CT molecular complexity index is 885. The van der Waals surface area contributed by atoms with E-state index in [0.29, 0.717) is 0 Å². The highest BCUT2D eigenvalue weighted by Gasteiger charge is 2.22. The lowest BCUT2D eigenvalue weighted by atomic mass is 9.86. The number of hydrogen-bond acceptors (Lipinski definition) is 1. The van der Waals surface area contributed by atoms with E-state index in [9.17, 15) is 0 Å². The molecule has 1 aliphatic rings. The van der Waals surface area contributed by atoms with Gasteiger partial charge in [0, 0.05) is 17.6 Å². The predicted octanol–water partition coefficient (Wildman–Crippen LogP) is 8.58. The molecule has 3 nitrogen and oxygen atoms in total. The van der Waals surface area contributed by atoms with Gasteiger partial charge in [0.2, 0.25) is 0 Å². The number of rotatable bonds is 12. The third-order valence-electron chi connectivity index (χ3n) is 6.07. The standard InChI is InChI=1S/C28H41N3/c1-5-6-7-8-9-10-11-12-13-15-22-17-18-23(30-22)20-24-21-25(28(2,3)4)27(31-24)26-16-14-19-29-26/h14,16-21,29,31H,5-13,15H2,1-4H3. The van der Waals surface area contributed by atoms with E-state index in [1.165, 1.54) is 74.8 Å². The van der Waals surface area contributed by atoms with Gasteiger partial charge in [-0.3, -0.25) is 4.99 Å². The van der Waals surface area contributed by atoms with Crippen molar-refractivity contribution in [1.29, 1.82) is 0 Å². The van der Waals surface area contributed by atoms with Crippen LogP contribution in [-0.4, -0.2) is 15.7 Å². The molecular weight excluding hydrogens is 378 g/mol. The second-order valence-electron chi connectivity index (χ2n) is 9.93. The summed E-state index contributed by atoms with van der Waals surface area (Å²) in [6.45, 7) is 9.06. The number of hydrogen-bond donors (Lipinski definition) is 2. The molecule has 31 heavy (non-hydrogen) atoms. The van der Waals surface area contributed by atoms with Gasteiger partial charge in [-0.15, -0.1) is 0 Å².